The van der Waals surface area contributed by atoms with Crippen LogP contribution in [0.15, 0.2) is 72.9 Å². The molecule has 0 fully saturated rings. The van der Waals surface area contributed by atoms with Gasteiger partial charge < -0.3 is 24.3 Å². The number of methoxy groups -OCH3 is 4. The lowest BCUT2D eigenvalue weighted by Gasteiger charge is -2.16. The van der Waals surface area contributed by atoms with Gasteiger partial charge in [-0.15, -0.1) is 0 Å². The molecule has 0 bridgehead atoms. The molecule has 0 spiro atoms. The van der Waals surface area contributed by atoms with E-state index in [-0.39, 0.29) is 11.9 Å². The van der Waals surface area contributed by atoms with Gasteiger partial charge in [0.25, 0.3) is 5.91 Å². The van der Waals surface area contributed by atoms with Gasteiger partial charge in [0.1, 0.15) is 0 Å². The van der Waals surface area contributed by atoms with Crippen LogP contribution in [0.5, 0.6) is 23.0 Å². The van der Waals surface area contributed by atoms with E-state index in [9.17, 15) is 4.79 Å². The van der Waals surface area contributed by atoms with Gasteiger partial charge >= 0.3 is 0 Å². The van der Waals surface area contributed by atoms with E-state index in [1.54, 1.807) is 33.1 Å². The SMILES string of the molecule is COc1ccc(-c2cn(-c3ccccc3)nc2C(=O)NC(C)c2ccc(OC)c(OC)c2)cc1OC. The molecule has 186 valence electrons. The molecule has 1 heterocycles. The van der Waals surface area contributed by atoms with Gasteiger partial charge in [0.05, 0.1) is 40.2 Å². The Kier molecular flexibility index (Phi) is 7.44. The van der Waals surface area contributed by atoms with Crippen LogP contribution < -0.4 is 24.3 Å². The number of benzene rings is 3. The lowest BCUT2D eigenvalue weighted by Crippen LogP contribution is -2.27. The van der Waals surface area contributed by atoms with Crippen molar-refractivity contribution in [3.8, 4) is 39.8 Å². The highest BCUT2D eigenvalue weighted by molar-refractivity contribution is 5.99. The third-order valence-corrected chi connectivity index (χ3v) is 5.90. The van der Waals surface area contributed by atoms with Gasteiger partial charge in [-0.3, -0.25) is 4.79 Å². The van der Waals surface area contributed by atoms with Crippen molar-refractivity contribution in [2.24, 2.45) is 0 Å². The van der Waals surface area contributed by atoms with Crippen LogP contribution in [0.4, 0.5) is 0 Å². The van der Waals surface area contributed by atoms with Crippen molar-refractivity contribution in [1.29, 1.82) is 0 Å². The number of ether oxygens (including phenoxy) is 4. The summed E-state index contributed by atoms with van der Waals surface area (Å²) in [6, 6.07) is 20.4. The summed E-state index contributed by atoms with van der Waals surface area (Å²) in [5.74, 6) is 2.07. The maximum Gasteiger partial charge on any atom is 0.272 e. The summed E-state index contributed by atoms with van der Waals surface area (Å²) in [7, 11) is 6.32. The number of aromatic nitrogens is 2. The van der Waals surface area contributed by atoms with Crippen LogP contribution in [0.3, 0.4) is 0 Å². The number of rotatable bonds is 9. The second-order valence-electron chi connectivity index (χ2n) is 8.05. The van der Waals surface area contributed by atoms with Crippen LogP contribution >= 0.6 is 0 Å². The van der Waals surface area contributed by atoms with E-state index in [1.165, 1.54) is 0 Å². The van der Waals surface area contributed by atoms with Gasteiger partial charge in [0, 0.05) is 11.8 Å². The minimum Gasteiger partial charge on any atom is -0.493 e. The second-order valence-corrected chi connectivity index (χ2v) is 8.05. The Bertz CT molecular complexity index is 1350. The molecule has 0 radical (unpaired) electrons. The first kappa shape index (κ1) is 24.7. The minimum absolute atomic E-state index is 0.290. The van der Waals surface area contributed by atoms with Gasteiger partial charge in [0.15, 0.2) is 28.7 Å². The smallest absolute Gasteiger partial charge is 0.272 e. The molecule has 0 aliphatic carbocycles. The summed E-state index contributed by atoms with van der Waals surface area (Å²) in [5, 5.41) is 7.71. The zero-order valence-corrected chi connectivity index (χ0v) is 20.9. The van der Waals surface area contributed by atoms with Crippen molar-refractivity contribution in [1.82, 2.24) is 15.1 Å². The predicted molar refractivity (Wildman–Crippen MR) is 138 cm³/mol. The Morgan fingerprint density at radius 3 is 2.06 bits per heavy atom. The van der Waals surface area contributed by atoms with E-state index in [4.69, 9.17) is 18.9 Å². The fourth-order valence-corrected chi connectivity index (χ4v) is 3.94. The summed E-state index contributed by atoms with van der Waals surface area (Å²) in [4.78, 5) is 13.5. The Hall–Kier alpha value is -4.46. The van der Waals surface area contributed by atoms with E-state index < -0.39 is 0 Å². The average molecular weight is 488 g/mol. The zero-order valence-electron chi connectivity index (χ0n) is 20.9. The van der Waals surface area contributed by atoms with E-state index >= 15 is 0 Å². The number of nitrogens with zero attached hydrogens (tertiary/aromatic N) is 2. The summed E-state index contributed by atoms with van der Waals surface area (Å²) in [6.07, 6.45) is 1.84. The molecule has 8 heteroatoms. The van der Waals surface area contributed by atoms with Crippen LogP contribution in [0.2, 0.25) is 0 Å². The van der Waals surface area contributed by atoms with Crippen molar-refractivity contribution < 1.29 is 23.7 Å². The van der Waals surface area contributed by atoms with Crippen molar-refractivity contribution in [3.63, 3.8) is 0 Å². The number of carbonyl (C=O) groups is 1. The summed E-state index contributed by atoms with van der Waals surface area (Å²) < 4.78 is 23.3. The first-order valence-corrected chi connectivity index (χ1v) is 11.4. The van der Waals surface area contributed by atoms with E-state index in [2.05, 4.69) is 10.4 Å². The maximum absolute atomic E-state index is 13.5. The number of para-hydroxylation sites is 1. The van der Waals surface area contributed by atoms with Crippen LogP contribution in [-0.4, -0.2) is 44.1 Å². The number of hydrogen-bond acceptors (Lipinski definition) is 6. The molecule has 1 atom stereocenters. The molecule has 0 saturated heterocycles. The maximum atomic E-state index is 13.5. The lowest BCUT2D eigenvalue weighted by atomic mass is 10.0. The molecule has 1 N–H and O–H groups in total. The standard InChI is InChI=1S/C28H29N3O5/c1-18(19-11-13-23(33-2)25(15-19)35-4)29-28(32)27-22(17-31(30-27)21-9-7-6-8-10-21)20-12-14-24(34-3)26(16-20)36-5/h6-18H,1-5H3,(H,29,32). The zero-order chi connectivity index (χ0) is 25.7. The van der Waals surface area contributed by atoms with Gasteiger partial charge in [-0.25, -0.2) is 4.68 Å². The Labute approximate surface area is 210 Å². The average Bonchev–Trinajstić information content (AvgIpc) is 3.38. The highest BCUT2D eigenvalue weighted by Crippen LogP contribution is 2.34. The van der Waals surface area contributed by atoms with Crippen molar-refractivity contribution >= 4 is 5.91 Å². The lowest BCUT2D eigenvalue weighted by molar-refractivity contribution is 0.0935. The summed E-state index contributed by atoms with van der Waals surface area (Å²) in [5.41, 5.74) is 3.44. The minimum atomic E-state index is -0.309. The number of carbonyl (C=O) groups excluding carboxylic acids is 1. The molecule has 8 nitrogen and oxygen atoms in total. The Balaban J connectivity index is 1.72. The third-order valence-electron chi connectivity index (χ3n) is 5.90. The van der Waals surface area contributed by atoms with Gasteiger partial charge in [-0.05, 0) is 54.4 Å². The summed E-state index contributed by atoms with van der Waals surface area (Å²) in [6.45, 7) is 1.91. The molecule has 4 rings (SSSR count). The summed E-state index contributed by atoms with van der Waals surface area (Å²) >= 11 is 0. The molecule has 1 unspecified atom stereocenters. The predicted octanol–water partition coefficient (Wildman–Crippen LogP) is 5.06. The van der Waals surface area contributed by atoms with Gasteiger partial charge in [-0.1, -0.05) is 30.3 Å². The van der Waals surface area contributed by atoms with E-state index in [0.717, 1.165) is 16.8 Å². The topological polar surface area (TPSA) is 83.8 Å². The van der Waals surface area contributed by atoms with Gasteiger partial charge in [0.2, 0.25) is 0 Å². The number of hydrogen-bond donors (Lipinski definition) is 1. The molecule has 0 aliphatic rings. The van der Waals surface area contributed by atoms with E-state index in [1.807, 2.05) is 79.9 Å². The molecule has 1 aromatic heterocycles. The Morgan fingerprint density at radius 1 is 0.806 bits per heavy atom. The largest absolute Gasteiger partial charge is 0.493 e. The van der Waals surface area contributed by atoms with Crippen molar-refractivity contribution in [2.45, 2.75) is 13.0 Å². The molecule has 36 heavy (non-hydrogen) atoms. The van der Waals surface area contributed by atoms with Crippen molar-refractivity contribution in [3.05, 3.63) is 84.2 Å². The third kappa shape index (κ3) is 4.98. The number of nitrogens with one attached hydrogen (secondary N) is 1. The fourth-order valence-electron chi connectivity index (χ4n) is 3.94. The highest BCUT2D eigenvalue weighted by atomic mass is 16.5. The van der Waals surface area contributed by atoms with E-state index in [0.29, 0.717) is 34.3 Å². The highest BCUT2D eigenvalue weighted by Gasteiger charge is 2.22. The van der Waals surface area contributed by atoms with Gasteiger partial charge in [-0.2, -0.15) is 5.10 Å². The molecular formula is C28H29N3O5. The first-order valence-electron chi connectivity index (χ1n) is 11.4. The Morgan fingerprint density at radius 2 is 1.42 bits per heavy atom. The van der Waals surface area contributed by atoms with Crippen LogP contribution in [0.1, 0.15) is 29.0 Å². The van der Waals surface area contributed by atoms with Crippen LogP contribution in [0, 0.1) is 0 Å². The second kappa shape index (κ2) is 10.9. The molecule has 1 amide bonds. The quantitative estimate of drug-likeness (QED) is 0.355. The fraction of sp³-hybridized carbons (Fsp3) is 0.214. The molecule has 0 saturated carbocycles. The normalized spacial score (nSPS) is 11.5. The number of amides is 1. The monoisotopic (exact) mass is 487 g/mol. The molecular weight excluding hydrogens is 458 g/mol. The molecule has 3 aromatic carbocycles. The van der Waals surface area contributed by atoms with Crippen molar-refractivity contribution in [2.75, 3.05) is 28.4 Å². The molecule has 4 aromatic rings. The van der Waals surface area contributed by atoms with Crippen LogP contribution in [0.25, 0.3) is 16.8 Å². The molecule has 0 aliphatic heterocycles. The van der Waals surface area contributed by atoms with Crippen LogP contribution in [-0.2, 0) is 0 Å². The first-order chi connectivity index (χ1) is 17.5.